The van der Waals surface area contributed by atoms with Crippen molar-refractivity contribution < 1.29 is 9.47 Å². The predicted octanol–water partition coefficient (Wildman–Crippen LogP) is 3.01. The molecule has 3 nitrogen and oxygen atoms in total. The quantitative estimate of drug-likeness (QED) is 0.865. The minimum Gasteiger partial charge on any atom is -0.494 e. The van der Waals surface area contributed by atoms with Crippen molar-refractivity contribution in [1.82, 2.24) is 5.32 Å². The van der Waals surface area contributed by atoms with Crippen LogP contribution in [0.2, 0.25) is 10.0 Å². The summed E-state index contributed by atoms with van der Waals surface area (Å²) in [5.74, 6) is 0.872. The van der Waals surface area contributed by atoms with E-state index in [9.17, 15) is 0 Å². The van der Waals surface area contributed by atoms with Gasteiger partial charge in [-0.1, -0.05) is 23.2 Å². The van der Waals surface area contributed by atoms with E-state index in [-0.39, 0.29) is 18.5 Å². The highest BCUT2D eigenvalue weighted by Gasteiger charge is 2.37. The molecule has 0 aliphatic carbocycles. The number of fused-ring (bicyclic) bond motifs is 3. The lowest BCUT2D eigenvalue weighted by molar-refractivity contribution is 0.0299. The zero-order chi connectivity index (χ0) is 12.0. The van der Waals surface area contributed by atoms with E-state index in [1.54, 1.807) is 7.11 Å². The van der Waals surface area contributed by atoms with Gasteiger partial charge in [0.2, 0.25) is 0 Å². The number of methoxy groups -OCH3 is 1. The van der Waals surface area contributed by atoms with Gasteiger partial charge in [-0.3, -0.25) is 0 Å². The first-order valence-electron chi connectivity index (χ1n) is 5.59. The summed E-state index contributed by atoms with van der Waals surface area (Å²) in [5, 5.41) is 4.51. The average Bonchev–Trinajstić information content (AvgIpc) is 2.76. The Hall–Kier alpha value is -0.190. The summed E-state index contributed by atoms with van der Waals surface area (Å²) in [6.45, 7) is 2.34. The molecule has 1 fully saturated rings. The van der Waals surface area contributed by atoms with Crippen LogP contribution in [0.25, 0.3) is 0 Å². The van der Waals surface area contributed by atoms with Gasteiger partial charge in [-0.2, -0.15) is 0 Å². The predicted molar refractivity (Wildman–Crippen MR) is 74.4 cm³/mol. The van der Waals surface area contributed by atoms with E-state index in [0.717, 1.165) is 24.2 Å². The molecule has 6 heteroatoms. The zero-order valence-electron chi connectivity index (χ0n) is 9.83. The molecule has 0 amide bonds. The van der Waals surface area contributed by atoms with Crippen LogP contribution in [0.15, 0.2) is 6.07 Å². The number of benzene rings is 1. The van der Waals surface area contributed by atoms with E-state index in [1.165, 1.54) is 0 Å². The summed E-state index contributed by atoms with van der Waals surface area (Å²) < 4.78 is 11.1. The van der Waals surface area contributed by atoms with Gasteiger partial charge in [0, 0.05) is 19.0 Å². The van der Waals surface area contributed by atoms with E-state index in [4.69, 9.17) is 32.7 Å². The van der Waals surface area contributed by atoms with Gasteiger partial charge in [0.15, 0.2) is 5.75 Å². The molecule has 0 aromatic heterocycles. The highest BCUT2D eigenvalue weighted by molar-refractivity contribution is 6.37. The van der Waals surface area contributed by atoms with Crippen molar-refractivity contribution >= 4 is 35.6 Å². The minimum absolute atomic E-state index is 0. The highest BCUT2D eigenvalue weighted by Crippen LogP contribution is 2.45. The second kappa shape index (κ2) is 5.43. The van der Waals surface area contributed by atoms with Gasteiger partial charge in [-0.15, -0.1) is 12.4 Å². The van der Waals surface area contributed by atoms with E-state index in [1.807, 2.05) is 6.07 Å². The largest absolute Gasteiger partial charge is 0.494 e. The SMILES string of the molecule is COc1c(Cl)cc2c(c1Cl)C1CNCC1OC2.Cl. The van der Waals surface area contributed by atoms with Crippen LogP contribution in [-0.2, 0) is 11.3 Å². The number of ether oxygens (including phenoxy) is 2. The van der Waals surface area contributed by atoms with Gasteiger partial charge < -0.3 is 14.8 Å². The van der Waals surface area contributed by atoms with Crippen molar-refractivity contribution in [2.75, 3.05) is 20.2 Å². The molecule has 2 unspecified atom stereocenters. The molecular formula is C12H14Cl3NO2. The first kappa shape index (κ1) is 14.2. The molecule has 1 saturated heterocycles. The highest BCUT2D eigenvalue weighted by atomic mass is 35.5. The minimum atomic E-state index is 0. The first-order valence-corrected chi connectivity index (χ1v) is 6.35. The first-order chi connectivity index (χ1) is 8.22. The van der Waals surface area contributed by atoms with Crippen molar-refractivity contribution in [2.24, 2.45) is 0 Å². The van der Waals surface area contributed by atoms with Gasteiger partial charge in [0.25, 0.3) is 0 Å². The van der Waals surface area contributed by atoms with E-state index in [2.05, 4.69) is 5.32 Å². The molecule has 18 heavy (non-hydrogen) atoms. The Balaban J connectivity index is 0.00000120. The van der Waals surface area contributed by atoms with Crippen molar-refractivity contribution in [2.45, 2.75) is 18.6 Å². The van der Waals surface area contributed by atoms with Crippen LogP contribution in [0.3, 0.4) is 0 Å². The van der Waals surface area contributed by atoms with E-state index in [0.29, 0.717) is 28.3 Å². The monoisotopic (exact) mass is 309 g/mol. The summed E-state index contributed by atoms with van der Waals surface area (Å²) >= 11 is 12.5. The van der Waals surface area contributed by atoms with Gasteiger partial charge in [0.1, 0.15) is 0 Å². The fourth-order valence-corrected chi connectivity index (χ4v) is 3.48. The van der Waals surface area contributed by atoms with Crippen molar-refractivity contribution in [1.29, 1.82) is 0 Å². The number of nitrogens with one attached hydrogen (secondary N) is 1. The molecule has 2 aliphatic rings. The van der Waals surface area contributed by atoms with Crippen LogP contribution < -0.4 is 10.1 Å². The molecular weight excluding hydrogens is 296 g/mol. The molecule has 1 aromatic rings. The summed E-state index contributed by atoms with van der Waals surface area (Å²) in [6.07, 6.45) is 0.214. The molecule has 0 radical (unpaired) electrons. The Labute approximate surface area is 122 Å². The lowest BCUT2D eigenvalue weighted by Gasteiger charge is -2.29. The third kappa shape index (κ3) is 2.08. The van der Waals surface area contributed by atoms with Crippen LogP contribution in [0.5, 0.6) is 5.75 Å². The molecule has 2 aliphatic heterocycles. The Morgan fingerprint density at radius 1 is 1.39 bits per heavy atom. The van der Waals surface area contributed by atoms with Crippen LogP contribution in [0, 0.1) is 0 Å². The second-order valence-corrected chi connectivity index (χ2v) is 5.18. The van der Waals surface area contributed by atoms with Gasteiger partial charge in [0.05, 0.1) is 29.9 Å². The molecule has 1 aromatic carbocycles. The number of hydrogen-bond donors (Lipinski definition) is 1. The summed E-state index contributed by atoms with van der Waals surface area (Å²) in [7, 11) is 1.59. The Morgan fingerprint density at radius 3 is 2.89 bits per heavy atom. The normalized spacial score (nSPS) is 25.1. The summed E-state index contributed by atoms with van der Waals surface area (Å²) in [6, 6.07) is 1.90. The molecule has 3 rings (SSSR count). The average molecular weight is 311 g/mol. The Kier molecular flexibility index (Phi) is 4.29. The van der Waals surface area contributed by atoms with E-state index < -0.39 is 0 Å². The van der Waals surface area contributed by atoms with Crippen molar-refractivity contribution in [3.05, 3.63) is 27.2 Å². The van der Waals surface area contributed by atoms with Crippen LogP contribution in [-0.4, -0.2) is 26.3 Å². The third-order valence-corrected chi connectivity index (χ3v) is 4.14. The molecule has 0 spiro atoms. The molecule has 100 valence electrons. The lowest BCUT2D eigenvalue weighted by Crippen LogP contribution is -2.27. The maximum Gasteiger partial charge on any atom is 0.156 e. The molecule has 2 heterocycles. The number of rotatable bonds is 1. The summed E-state index contributed by atoms with van der Waals surface area (Å²) in [5.41, 5.74) is 2.21. The van der Waals surface area contributed by atoms with Crippen LogP contribution >= 0.6 is 35.6 Å². The van der Waals surface area contributed by atoms with Crippen molar-refractivity contribution in [3.8, 4) is 5.75 Å². The maximum atomic E-state index is 6.41. The van der Waals surface area contributed by atoms with Gasteiger partial charge in [-0.25, -0.2) is 0 Å². The summed E-state index contributed by atoms with van der Waals surface area (Å²) in [4.78, 5) is 0. The maximum absolute atomic E-state index is 6.41. The zero-order valence-corrected chi connectivity index (χ0v) is 12.2. The van der Waals surface area contributed by atoms with Gasteiger partial charge in [-0.05, 0) is 17.2 Å². The third-order valence-electron chi connectivity index (χ3n) is 3.49. The second-order valence-electron chi connectivity index (χ2n) is 4.39. The topological polar surface area (TPSA) is 30.5 Å². The van der Waals surface area contributed by atoms with Crippen LogP contribution in [0.4, 0.5) is 0 Å². The molecule has 2 atom stereocenters. The standard InChI is InChI=1S/C12H13Cl2NO2.ClH/c1-16-12-8(13)2-6-5-17-9-4-15-3-7(9)10(6)11(12)14;/h2,7,9,15H,3-5H2,1H3;1H. The molecule has 1 N–H and O–H groups in total. The molecule has 0 bridgehead atoms. The van der Waals surface area contributed by atoms with Gasteiger partial charge >= 0.3 is 0 Å². The lowest BCUT2D eigenvalue weighted by atomic mass is 9.89. The number of halogens is 3. The Bertz CT molecular complexity index is 467. The smallest absolute Gasteiger partial charge is 0.156 e. The Morgan fingerprint density at radius 2 is 2.17 bits per heavy atom. The number of hydrogen-bond acceptors (Lipinski definition) is 3. The molecule has 0 saturated carbocycles. The van der Waals surface area contributed by atoms with Crippen molar-refractivity contribution in [3.63, 3.8) is 0 Å². The fourth-order valence-electron chi connectivity index (χ4n) is 2.69. The fraction of sp³-hybridized carbons (Fsp3) is 0.500. The van der Waals surface area contributed by atoms with E-state index >= 15 is 0 Å². The van der Waals surface area contributed by atoms with Crippen LogP contribution in [0.1, 0.15) is 17.0 Å².